The number of halogens is 3. The molecule has 2 unspecified atom stereocenters. The summed E-state index contributed by atoms with van der Waals surface area (Å²) in [5, 5.41) is 119. The van der Waals surface area contributed by atoms with Gasteiger partial charge in [0.15, 0.2) is 17.8 Å². The summed E-state index contributed by atoms with van der Waals surface area (Å²) in [6.45, 7) is 2.68. The quantitative estimate of drug-likeness (QED) is 0.0637. The molecule has 0 heterocycles. The minimum absolute atomic E-state index is 0. The Hall–Kier alpha value is -4.93. The molecule has 0 aromatic heterocycles. The van der Waals surface area contributed by atoms with Crippen molar-refractivity contribution in [3.63, 3.8) is 0 Å². The lowest BCUT2D eigenvalue weighted by Gasteiger charge is -2.18. The second-order valence-corrected chi connectivity index (χ2v) is 7.21. The molecule has 0 aromatic rings. The lowest BCUT2D eigenvalue weighted by atomic mass is 9.96. The molecule has 0 spiro atoms. The van der Waals surface area contributed by atoms with Crippen LogP contribution in [0.1, 0.15) is 46.0 Å². The van der Waals surface area contributed by atoms with E-state index < -0.39 is 96.3 Å². The number of aliphatic hydroxyl groups is 4. The Morgan fingerprint density at radius 2 is 0.613 bits per heavy atom. The Morgan fingerprint density at radius 3 is 0.677 bits per heavy atom. The van der Waals surface area contributed by atoms with Gasteiger partial charge in [-0.2, -0.15) is 0 Å². The first-order valence-electron chi connectivity index (χ1n) is 11.5. The molecule has 0 aliphatic heterocycles. The minimum Gasteiger partial charge on any atom is -0.481 e. The van der Waals surface area contributed by atoms with Crippen LogP contribution in [0.5, 0.6) is 0 Å². The van der Waals surface area contributed by atoms with Crippen molar-refractivity contribution in [2.45, 2.75) is 63.8 Å². The van der Waals surface area contributed by atoms with E-state index in [4.69, 9.17) is 91.0 Å². The standard InChI is InChI=1S/C6H8O7.C4H6O6.C4H6O4.C3H6O2.C2H2O4.C2H4O2.CH4O.BrH.ClH.HI.11H2O/c7-3(8)1-6(13,5(11)12)2-4(9)10;5-1(3(7)8)2(6)4(9)10;5-3(6)1-2-4(7)8;1-2-3(4)5;3-1(4)2(5)6;1-2(3)4;1-2;;;;;;;;;;;;;;/h13H,1-2H2,(H,7,8)(H,9,10)(H,11,12);1-2,5-6H,(H,7,8)(H,9,10);1-2H2,(H,5,6)(H,7,8);2H2,1H3,(H,4,5);(H,3,4)(H,5,6);1H3,(H,3,4);2H,1H3;3*1H;11*1H2. The maximum Gasteiger partial charge on any atom is 0.414 e. The number of carboxylic acid groups (broad SMARTS) is 11. The number of carbonyl (C=O) groups is 11. The van der Waals surface area contributed by atoms with Crippen LogP contribution in [0.4, 0.5) is 0 Å². The first-order chi connectivity index (χ1) is 21.5. The zero-order valence-electron chi connectivity index (χ0n) is 31.6. The van der Waals surface area contributed by atoms with E-state index in [1.807, 2.05) is 0 Å². The number of carboxylic acids is 11. The fourth-order valence-corrected chi connectivity index (χ4v) is 1.20. The maximum absolute atomic E-state index is 10.3. The molecule has 0 amide bonds. The van der Waals surface area contributed by atoms with Crippen LogP contribution in [0.15, 0.2) is 0 Å². The summed E-state index contributed by atoms with van der Waals surface area (Å²) in [4.78, 5) is 106. The van der Waals surface area contributed by atoms with Gasteiger partial charge in [0, 0.05) is 20.5 Å². The van der Waals surface area contributed by atoms with Crippen molar-refractivity contribution < 1.29 is 190 Å². The van der Waals surface area contributed by atoms with Crippen molar-refractivity contribution in [2.75, 3.05) is 7.11 Å². The van der Waals surface area contributed by atoms with Gasteiger partial charge in [0.05, 0.1) is 25.7 Å². The molecular weight excluding hydrogens is 1100 g/mol. The molecule has 0 fully saturated rings. The van der Waals surface area contributed by atoms with Gasteiger partial charge in [-0.25, -0.2) is 24.0 Å². The van der Waals surface area contributed by atoms with Crippen molar-refractivity contribution in [1.82, 2.24) is 0 Å². The van der Waals surface area contributed by atoms with Crippen LogP contribution in [0.25, 0.3) is 0 Å². The topological polar surface area (TPSA) is 838 Å². The molecule has 62 heavy (non-hydrogen) atoms. The van der Waals surface area contributed by atoms with E-state index in [2.05, 4.69) is 0 Å². The Kier molecular flexibility index (Phi) is 186. The van der Waals surface area contributed by atoms with Gasteiger partial charge in [-0.3, -0.25) is 28.8 Å². The summed E-state index contributed by atoms with van der Waals surface area (Å²) < 4.78 is 0. The molecule has 2 atom stereocenters. The Balaban J connectivity index is -0.0000000167. The second-order valence-electron chi connectivity index (χ2n) is 7.21. The van der Waals surface area contributed by atoms with Crippen LogP contribution in [0.2, 0.25) is 0 Å². The molecule has 0 saturated carbocycles. The monoisotopic (exact) mass is 1160 g/mol. The number of hydrogen-bond acceptors (Lipinski definition) is 15. The van der Waals surface area contributed by atoms with E-state index in [0.29, 0.717) is 0 Å². The molecule has 0 aliphatic rings. The normalized spacial score (nSPS) is 7.73. The van der Waals surface area contributed by atoms with E-state index in [9.17, 15) is 38.4 Å². The lowest BCUT2D eigenvalue weighted by Crippen LogP contribution is -2.42. The van der Waals surface area contributed by atoms with Crippen molar-refractivity contribution in [3.05, 3.63) is 0 Å². The molecule has 0 saturated heterocycles. The molecule has 37 N–H and O–H groups in total. The fraction of sp³-hybridized carbons (Fsp3) is 0.500. The van der Waals surface area contributed by atoms with E-state index >= 15 is 0 Å². The number of hydrogen-bond donors (Lipinski definition) is 15. The van der Waals surface area contributed by atoms with Gasteiger partial charge in [0.25, 0.3) is 5.97 Å². The molecule has 0 aliphatic carbocycles. The molecule has 37 nitrogen and oxygen atoms in total. The third-order valence-corrected chi connectivity index (χ3v) is 3.13. The highest BCUT2D eigenvalue weighted by molar-refractivity contribution is 14.0. The first kappa shape index (κ1) is 138. The summed E-state index contributed by atoms with van der Waals surface area (Å²) in [7, 11) is 1.00. The van der Waals surface area contributed by atoms with E-state index in [0.717, 1.165) is 14.0 Å². The van der Waals surface area contributed by atoms with Gasteiger partial charge < -0.3 is 137 Å². The highest BCUT2D eigenvalue weighted by atomic mass is 127. The van der Waals surface area contributed by atoms with Crippen LogP contribution in [-0.2, 0) is 52.7 Å². The fourth-order valence-electron chi connectivity index (χ4n) is 1.20. The van der Waals surface area contributed by atoms with Gasteiger partial charge in [0.2, 0.25) is 0 Å². The second kappa shape index (κ2) is 83.7. The van der Waals surface area contributed by atoms with Crippen molar-refractivity contribution in [1.29, 1.82) is 0 Å². The summed E-state index contributed by atoms with van der Waals surface area (Å²) in [5.74, 6) is -15.9. The van der Waals surface area contributed by atoms with Gasteiger partial charge in [-0.15, -0.1) is 53.4 Å². The predicted molar refractivity (Wildman–Crippen MR) is 216 cm³/mol. The zero-order valence-corrected chi connectivity index (χ0v) is 36.5. The number of aliphatic hydroxyl groups excluding tert-OH is 3. The van der Waals surface area contributed by atoms with Crippen LogP contribution in [0, 0.1) is 0 Å². The Morgan fingerprint density at radius 1 is 0.452 bits per heavy atom. The van der Waals surface area contributed by atoms with E-state index in [1.54, 1.807) is 6.92 Å². The SMILES string of the molecule is Br.CC(=O)O.CCC(=O)O.CO.Cl.I.O.O.O.O.O.O.O.O.O.O.O.O=C(O)C(=O)O.O=C(O)C(O)C(O)C(=O)O.O=C(O)CC(O)(CC(=O)O)C(=O)O.O=C(O)CCC(=O)O. The smallest absolute Gasteiger partial charge is 0.414 e. The van der Waals surface area contributed by atoms with Crippen LogP contribution >= 0.6 is 53.4 Å². The molecule has 0 rings (SSSR count). The van der Waals surface area contributed by atoms with Gasteiger partial charge in [-0.05, 0) is 0 Å². The Bertz CT molecular complexity index is 1030. The average Bonchev–Trinajstić information content (AvgIpc) is 2.92. The van der Waals surface area contributed by atoms with Crippen molar-refractivity contribution in [3.8, 4) is 0 Å². The molecule has 0 bridgehead atoms. The van der Waals surface area contributed by atoms with Crippen LogP contribution in [0.3, 0.4) is 0 Å². The molecule has 0 radical (unpaired) electrons. The molecular formula is C22H61BrClIO37. The lowest BCUT2D eigenvalue weighted by molar-refractivity contribution is -0.170. The highest BCUT2D eigenvalue weighted by Gasteiger charge is 2.40. The van der Waals surface area contributed by atoms with Crippen LogP contribution in [-0.4, -0.2) is 227 Å². The molecule has 0 aromatic carbocycles. The van der Waals surface area contributed by atoms with E-state index in [-0.39, 0.29) is 133 Å². The number of aliphatic carboxylic acids is 11. The minimum atomic E-state index is -2.74. The van der Waals surface area contributed by atoms with E-state index in [1.165, 1.54) is 0 Å². The molecule has 40 heteroatoms. The van der Waals surface area contributed by atoms with Crippen LogP contribution < -0.4 is 0 Å². The average molecular weight is 1160 g/mol. The van der Waals surface area contributed by atoms with Gasteiger partial charge in [-0.1, -0.05) is 6.92 Å². The predicted octanol–water partition coefficient (Wildman–Crippen LogP) is -11.6. The Labute approximate surface area is 378 Å². The van der Waals surface area contributed by atoms with Gasteiger partial charge >= 0.3 is 59.7 Å². The summed E-state index contributed by atoms with van der Waals surface area (Å²) in [5.41, 5.74) is -2.74. The third-order valence-electron chi connectivity index (χ3n) is 3.13. The number of rotatable bonds is 12. The summed E-state index contributed by atoms with van der Waals surface area (Å²) in [6, 6.07) is 0. The maximum atomic E-state index is 10.3. The highest BCUT2D eigenvalue weighted by Crippen LogP contribution is 2.15. The zero-order chi connectivity index (χ0) is 40.5. The largest absolute Gasteiger partial charge is 0.481 e. The summed E-state index contributed by atoms with van der Waals surface area (Å²) >= 11 is 0. The third kappa shape index (κ3) is 139. The van der Waals surface area contributed by atoms with Crippen molar-refractivity contribution >= 4 is 119 Å². The molecule has 392 valence electrons. The van der Waals surface area contributed by atoms with Gasteiger partial charge in [0.1, 0.15) is 0 Å². The summed E-state index contributed by atoms with van der Waals surface area (Å²) in [6.07, 6.45) is -7.19. The first-order valence-corrected chi connectivity index (χ1v) is 11.5. The van der Waals surface area contributed by atoms with Crippen molar-refractivity contribution in [2.24, 2.45) is 0 Å².